The molecule has 0 N–H and O–H groups in total. The summed E-state index contributed by atoms with van der Waals surface area (Å²) in [5, 5.41) is 3.02. The van der Waals surface area contributed by atoms with E-state index in [0.717, 1.165) is 12.8 Å². The maximum atomic E-state index is 11.9. The van der Waals surface area contributed by atoms with Crippen LogP contribution in [0.2, 0.25) is 0 Å². The Kier molecular flexibility index (Phi) is 7.71. The van der Waals surface area contributed by atoms with E-state index in [4.69, 9.17) is 4.74 Å². The number of hydrogen-bond donors (Lipinski definition) is 0. The first-order chi connectivity index (χ1) is 10.5. The van der Waals surface area contributed by atoms with Gasteiger partial charge in [-0.25, -0.2) is 0 Å². The van der Waals surface area contributed by atoms with Crippen LogP contribution in [0, 0.1) is 16.7 Å². The van der Waals surface area contributed by atoms with Crippen LogP contribution in [-0.4, -0.2) is 23.9 Å². The van der Waals surface area contributed by atoms with Crippen molar-refractivity contribution in [2.75, 3.05) is 0 Å². The lowest BCUT2D eigenvalue weighted by atomic mass is 9.90. The normalized spacial score (nSPS) is 24.9. The Labute approximate surface area is 131 Å². The number of ether oxygens (including phenoxy) is 1. The number of hydrogen-bond acceptors (Lipinski definition) is 5. The van der Waals surface area contributed by atoms with Crippen molar-refractivity contribution in [3.63, 3.8) is 0 Å². The summed E-state index contributed by atoms with van der Waals surface area (Å²) >= 11 is 0. The lowest BCUT2D eigenvalue weighted by Gasteiger charge is -2.14. The van der Waals surface area contributed by atoms with Crippen molar-refractivity contribution < 1.29 is 14.3 Å². The molecule has 0 unspecified atom stereocenters. The van der Waals surface area contributed by atoms with E-state index < -0.39 is 6.04 Å². The molecule has 0 aromatic carbocycles. The molecule has 0 saturated heterocycles. The summed E-state index contributed by atoms with van der Waals surface area (Å²) in [6, 6.07) is -0.464. The highest BCUT2D eigenvalue weighted by Crippen LogP contribution is 2.34. The largest absolute Gasteiger partial charge is 0.463 e. The molecule has 5 nitrogen and oxygen atoms in total. The molecule has 122 valence electrons. The van der Waals surface area contributed by atoms with Gasteiger partial charge in [0.2, 0.25) is 0 Å². The summed E-state index contributed by atoms with van der Waals surface area (Å²) in [5.41, 5.74) is 0. The standard InChI is InChI=1S/C17H25NO4/c1-4-13-14(16(19)11-15(13)18-21)9-7-5-6-8-10-17(20)22-12(2)3/h4-5,7,12-15H,1,6,8-11H2,2-3H3/b7-5-/t13-,14-,15-/m1/s1. The number of unbranched alkanes of at least 4 members (excludes halogenated alkanes) is 1. The summed E-state index contributed by atoms with van der Waals surface area (Å²) in [6.45, 7) is 7.35. The maximum Gasteiger partial charge on any atom is 0.306 e. The monoisotopic (exact) mass is 307 g/mol. The predicted molar refractivity (Wildman–Crippen MR) is 85.2 cm³/mol. The molecule has 0 spiro atoms. The smallest absolute Gasteiger partial charge is 0.306 e. The molecule has 1 saturated carbocycles. The summed E-state index contributed by atoms with van der Waals surface area (Å²) in [6.07, 6.45) is 8.21. The van der Waals surface area contributed by atoms with Crippen molar-refractivity contribution in [1.29, 1.82) is 0 Å². The molecule has 1 rings (SSSR count). The van der Waals surface area contributed by atoms with Crippen LogP contribution in [0.3, 0.4) is 0 Å². The lowest BCUT2D eigenvalue weighted by molar-refractivity contribution is -0.147. The number of ketones is 1. The Morgan fingerprint density at radius 3 is 2.77 bits per heavy atom. The van der Waals surface area contributed by atoms with Crippen LogP contribution in [0.1, 0.15) is 46.0 Å². The minimum atomic E-state index is -0.464. The van der Waals surface area contributed by atoms with Crippen LogP contribution in [0.15, 0.2) is 30.0 Å². The van der Waals surface area contributed by atoms with Gasteiger partial charge in [0.1, 0.15) is 11.8 Å². The molecule has 3 atom stereocenters. The van der Waals surface area contributed by atoms with Crippen molar-refractivity contribution in [2.45, 2.75) is 58.1 Å². The van der Waals surface area contributed by atoms with E-state index in [0.29, 0.717) is 12.8 Å². The Hall–Kier alpha value is -1.78. The number of nitroso groups, excluding NO2 is 1. The number of carbonyl (C=O) groups is 2. The van der Waals surface area contributed by atoms with Gasteiger partial charge in [0, 0.05) is 24.7 Å². The van der Waals surface area contributed by atoms with E-state index in [-0.39, 0.29) is 36.1 Å². The maximum absolute atomic E-state index is 11.9. The number of allylic oxidation sites excluding steroid dienone is 2. The molecule has 0 aromatic rings. The Morgan fingerprint density at radius 2 is 2.18 bits per heavy atom. The minimum Gasteiger partial charge on any atom is -0.463 e. The Morgan fingerprint density at radius 1 is 1.45 bits per heavy atom. The Balaban J connectivity index is 2.30. The number of carbonyl (C=O) groups excluding carboxylic acids is 2. The van der Waals surface area contributed by atoms with Crippen LogP contribution in [0.25, 0.3) is 0 Å². The molecule has 1 fully saturated rings. The second-order valence-electron chi connectivity index (χ2n) is 5.90. The van der Waals surface area contributed by atoms with Gasteiger partial charge >= 0.3 is 5.97 Å². The highest BCUT2D eigenvalue weighted by atomic mass is 16.5. The molecule has 0 aliphatic heterocycles. The summed E-state index contributed by atoms with van der Waals surface area (Å²) in [4.78, 5) is 33.9. The zero-order chi connectivity index (χ0) is 16.5. The van der Waals surface area contributed by atoms with Gasteiger partial charge in [0.05, 0.1) is 6.10 Å². The molecule has 0 aromatic heterocycles. The minimum absolute atomic E-state index is 0.0772. The first-order valence-electron chi connectivity index (χ1n) is 7.81. The highest BCUT2D eigenvalue weighted by Gasteiger charge is 2.40. The van der Waals surface area contributed by atoms with Gasteiger partial charge in [-0.05, 0) is 33.1 Å². The van der Waals surface area contributed by atoms with Gasteiger partial charge in [-0.2, -0.15) is 4.91 Å². The van der Waals surface area contributed by atoms with Crippen molar-refractivity contribution in [3.8, 4) is 0 Å². The number of nitrogens with zero attached hydrogens (tertiary/aromatic N) is 1. The highest BCUT2D eigenvalue weighted by molar-refractivity contribution is 5.85. The van der Waals surface area contributed by atoms with E-state index >= 15 is 0 Å². The molecule has 0 heterocycles. The SMILES string of the molecule is C=C[C@H]1[C@H](N=O)CC(=O)[C@@H]1C/C=C\CCCC(=O)OC(C)C. The number of rotatable bonds is 9. The predicted octanol–water partition coefficient (Wildman–Crippen LogP) is 3.58. The molecule has 5 heteroatoms. The average molecular weight is 307 g/mol. The van der Waals surface area contributed by atoms with Crippen molar-refractivity contribution in [1.82, 2.24) is 0 Å². The number of Topliss-reactive ketones (excluding diaryl/α,β-unsaturated/α-hetero) is 1. The second-order valence-corrected chi connectivity index (χ2v) is 5.90. The van der Waals surface area contributed by atoms with Gasteiger partial charge in [-0.3, -0.25) is 9.59 Å². The fourth-order valence-electron chi connectivity index (χ4n) is 2.74. The average Bonchev–Trinajstić information content (AvgIpc) is 2.77. The summed E-state index contributed by atoms with van der Waals surface area (Å²) in [5.74, 6) is -0.446. The van der Waals surface area contributed by atoms with E-state index in [1.165, 1.54) is 0 Å². The summed E-state index contributed by atoms with van der Waals surface area (Å²) in [7, 11) is 0. The summed E-state index contributed by atoms with van der Waals surface area (Å²) < 4.78 is 5.05. The third-order valence-electron chi connectivity index (χ3n) is 3.82. The van der Waals surface area contributed by atoms with Crippen LogP contribution >= 0.6 is 0 Å². The van der Waals surface area contributed by atoms with Gasteiger partial charge in [-0.15, -0.1) is 6.58 Å². The van der Waals surface area contributed by atoms with Gasteiger partial charge in [-0.1, -0.05) is 23.4 Å². The van der Waals surface area contributed by atoms with E-state index in [1.54, 1.807) is 6.08 Å². The van der Waals surface area contributed by atoms with Gasteiger partial charge in [0.15, 0.2) is 0 Å². The van der Waals surface area contributed by atoms with Crippen LogP contribution in [-0.2, 0) is 14.3 Å². The molecule has 0 amide bonds. The molecule has 1 aliphatic carbocycles. The number of esters is 1. The van der Waals surface area contributed by atoms with Crippen LogP contribution in [0.5, 0.6) is 0 Å². The van der Waals surface area contributed by atoms with Gasteiger partial charge < -0.3 is 4.74 Å². The lowest BCUT2D eigenvalue weighted by Crippen LogP contribution is -2.16. The van der Waals surface area contributed by atoms with E-state index in [9.17, 15) is 14.5 Å². The molecular formula is C17H25NO4. The van der Waals surface area contributed by atoms with E-state index in [2.05, 4.69) is 11.8 Å². The fourth-order valence-corrected chi connectivity index (χ4v) is 2.74. The van der Waals surface area contributed by atoms with Gasteiger partial charge in [0.25, 0.3) is 0 Å². The van der Waals surface area contributed by atoms with Crippen LogP contribution < -0.4 is 0 Å². The third-order valence-corrected chi connectivity index (χ3v) is 3.82. The van der Waals surface area contributed by atoms with Crippen LogP contribution in [0.4, 0.5) is 0 Å². The Bertz CT molecular complexity index is 442. The fraction of sp³-hybridized carbons (Fsp3) is 0.647. The zero-order valence-electron chi connectivity index (χ0n) is 13.4. The van der Waals surface area contributed by atoms with Crippen molar-refractivity contribution in [2.24, 2.45) is 17.0 Å². The van der Waals surface area contributed by atoms with E-state index in [1.807, 2.05) is 26.0 Å². The second kappa shape index (κ2) is 9.28. The molecule has 0 bridgehead atoms. The third kappa shape index (κ3) is 5.54. The topological polar surface area (TPSA) is 72.8 Å². The van der Waals surface area contributed by atoms with Crippen molar-refractivity contribution in [3.05, 3.63) is 29.7 Å². The first kappa shape index (κ1) is 18.3. The molecule has 0 radical (unpaired) electrons. The van der Waals surface area contributed by atoms with Crippen molar-refractivity contribution >= 4 is 11.8 Å². The molecule has 1 aliphatic rings. The zero-order valence-corrected chi connectivity index (χ0v) is 13.4. The first-order valence-corrected chi connectivity index (χ1v) is 7.81. The quantitative estimate of drug-likeness (QED) is 0.282. The molecule has 22 heavy (non-hydrogen) atoms. The molecular weight excluding hydrogens is 282 g/mol.